The fourth-order valence-electron chi connectivity index (χ4n) is 4.16. The predicted octanol–water partition coefficient (Wildman–Crippen LogP) is 0.651. The number of imidazole rings is 1. The summed E-state index contributed by atoms with van der Waals surface area (Å²) in [6.45, 7) is 5.17. The van der Waals surface area contributed by atoms with Gasteiger partial charge in [-0.3, -0.25) is 9.00 Å². The number of aromatic nitrogens is 2. The number of amides is 1. The summed E-state index contributed by atoms with van der Waals surface area (Å²) in [6, 6.07) is 7.55. The topological polar surface area (TPSA) is 78.3 Å². The molecule has 2 heterocycles. The van der Waals surface area contributed by atoms with E-state index in [0.717, 1.165) is 37.8 Å². The molecule has 1 aliphatic heterocycles. The zero-order valence-electron chi connectivity index (χ0n) is 17.5. The molecule has 0 bridgehead atoms. The average molecular weight is 442 g/mol. The number of nitrogens with zero attached hydrogens (tertiary/aromatic N) is 3. The number of hydrogen-bond donors (Lipinski definition) is 0. The molecule has 0 spiro atoms. The molecular formula is C21H28KN3O3S. The molecule has 1 amide bonds. The zero-order chi connectivity index (χ0) is 20.1. The number of carbonyl (C=O) groups is 1. The first kappa shape index (κ1) is 24.9. The summed E-state index contributed by atoms with van der Waals surface area (Å²) in [4.78, 5) is 18.8. The van der Waals surface area contributed by atoms with Crippen molar-refractivity contribution in [2.45, 2.75) is 68.8 Å². The Kier molecular flexibility index (Phi) is 10.2. The molecule has 6 nitrogen and oxygen atoms in total. The molecular weight excluding hydrogens is 413 g/mol. The third-order valence-corrected chi connectivity index (χ3v) is 6.44. The molecule has 0 aliphatic carbocycles. The molecule has 4 atom stereocenters. The molecule has 1 saturated heterocycles. The van der Waals surface area contributed by atoms with Crippen LogP contribution in [0.2, 0.25) is 0 Å². The van der Waals surface area contributed by atoms with Crippen molar-refractivity contribution in [3.63, 3.8) is 0 Å². The minimum atomic E-state index is -2.20. The van der Waals surface area contributed by atoms with Crippen LogP contribution in [0.1, 0.15) is 63.5 Å². The summed E-state index contributed by atoms with van der Waals surface area (Å²) in [6.07, 6.45) is 9.97. The first-order valence-electron chi connectivity index (χ1n) is 9.95. The van der Waals surface area contributed by atoms with Gasteiger partial charge in [0.25, 0.3) is 0 Å². The second-order valence-corrected chi connectivity index (χ2v) is 8.53. The first-order valence-corrected chi connectivity index (χ1v) is 11.0. The molecule has 1 fully saturated rings. The third-order valence-electron chi connectivity index (χ3n) is 5.78. The van der Waals surface area contributed by atoms with Crippen LogP contribution in [0.15, 0.2) is 47.9 Å². The Labute approximate surface area is 218 Å². The Morgan fingerprint density at radius 3 is 2.45 bits per heavy atom. The van der Waals surface area contributed by atoms with E-state index in [4.69, 9.17) is 0 Å². The number of carbonyl (C=O) groups excluding carboxylic acids is 1. The number of rotatable bonds is 9. The Bertz CT molecular complexity index is 798. The summed E-state index contributed by atoms with van der Waals surface area (Å²) >= 11 is -2.20. The van der Waals surface area contributed by atoms with Crippen LogP contribution in [-0.2, 0) is 15.9 Å². The van der Waals surface area contributed by atoms with Crippen molar-refractivity contribution in [3.8, 4) is 0 Å². The van der Waals surface area contributed by atoms with Crippen molar-refractivity contribution in [2.24, 2.45) is 0 Å². The molecule has 152 valence electrons. The number of benzene rings is 1. The van der Waals surface area contributed by atoms with Crippen molar-refractivity contribution < 1.29 is 64.9 Å². The van der Waals surface area contributed by atoms with Crippen molar-refractivity contribution in [1.29, 1.82) is 0 Å². The second-order valence-electron chi connectivity index (χ2n) is 7.59. The maximum absolute atomic E-state index is 12.2. The minimum absolute atomic E-state index is 0. The van der Waals surface area contributed by atoms with E-state index in [2.05, 4.69) is 23.4 Å². The molecule has 3 rings (SSSR count). The molecule has 0 radical (unpaired) electrons. The van der Waals surface area contributed by atoms with Crippen molar-refractivity contribution in [2.75, 3.05) is 6.54 Å². The van der Waals surface area contributed by atoms with Crippen molar-refractivity contribution in [1.82, 2.24) is 14.5 Å². The van der Waals surface area contributed by atoms with Gasteiger partial charge in [-0.2, -0.15) is 0 Å². The average Bonchev–Trinajstić information content (AvgIpc) is 3.37. The molecule has 0 N–H and O–H groups in total. The summed E-state index contributed by atoms with van der Waals surface area (Å²) < 4.78 is 24.3. The monoisotopic (exact) mass is 441 g/mol. The van der Waals surface area contributed by atoms with Gasteiger partial charge in [0.2, 0.25) is 5.91 Å². The van der Waals surface area contributed by atoms with Crippen LogP contribution in [0.4, 0.5) is 0 Å². The fourth-order valence-corrected chi connectivity index (χ4v) is 4.52. The van der Waals surface area contributed by atoms with E-state index in [1.165, 1.54) is 0 Å². The maximum Gasteiger partial charge on any atom is 1.00 e. The van der Waals surface area contributed by atoms with Gasteiger partial charge in [0.15, 0.2) is 0 Å². The SMILES string of the molecule is CCC(CC(CC(C)c1ccc(S(=O)[O-])cc1)n1ccnc1)N1CCCC1=O.[K+]. The molecule has 4 unspecified atom stereocenters. The van der Waals surface area contributed by atoms with Crippen LogP contribution >= 0.6 is 0 Å². The van der Waals surface area contributed by atoms with E-state index in [-0.39, 0.29) is 75.3 Å². The smallest absolute Gasteiger partial charge is 0.768 e. The van der Waals surface area contributed by atoms with Crippen LogP contribution < -0.4 is 51.4 Å². The fraction of sp³-hybridized carbons (Fsp3) is 0.524. The van der Waals surface area contributed by atoms with E-state index in [9.17, 15) is 13.6 Å². The summed E-state index contributed by atoms with van der Waals surface area (Å²) in [7, 11) is 0. The standard InChI is InChI=1S/C21H29N3O3S.K/c1-3-18(24-11-4-5-21(24)25)14-19(23-12-10-22-15-23)13-16(2)17-6-8-20(9-7-17)28(26)27;/h6-10,12,15-16,18-19H,3-5,11,13-14H2,1-2H3,(H,26,27);/q;+1/p-1. The van der Waals surface area contributed by atoms with Gasteiger partial charge in [0, 0.05) is 42.3 Å². The molecule has 1 aromatic carbocycles. The van der Waals surface area contributed by atoms with Gasteiger partial charge >= 0.3 is 51.4 Å². The van der Waals surface area contributed by atoms with E-state index in [0.29, 0.717) is 11.3 Å². The molecule has 1 aromatic heterocycles. The van der Waals surface area contributed by atoms with Gasteiger partial charge in [-0.25, -0.2) is 4.98 Å². The Morgan fingerprint density at radius 2 is 1.93 bits per heavy atom. The first-order chi connectivity index (χ1) is 13.5. The van der Waals surface area contributed by atoms with E-state index >= 15 is 0 Å². The summed E-state index contributed by atoms with van der Waals surface area (Å²) in [5.74, 6) is 0.527. The van der Waals surface area contributed by atoms with Gasteiger partial charge < -0.3 is 14.0 Å². The zero-order valence-corrected chi connectivity index (χ0v) is 21.4. The van der Waals surface area contributed by atoms with Crippen LogP contribution in [-0.4, -0.2) is 41.7 Å². The van der Waals surface area contributed by atoms with Gasteiger partial charge in [-0.1, -0.05) is 26.0 Å². The summed E-state index contributed by atoms with van der Waals surface area (Å²) in [5, 5.41) is 0. The van der Waals surface area contributed by atoms with E-state index in [1.54, 1.807) is 18.3 Å². The minimum Gasteiger partial charge on any atom is -0.768 e. The van der Waals surface area contributed by atoms with Crippen LogP contribution in [0.25, 0.3) is 0 Å². The van der Waals surface area contributed by atoms with Crippen LogP contribution in [0.5, 0.6) is 0 Å². The van der Waals surface area contributed by atoms with Crippen molar-refractivity contribution >= 4 is 17.0 Å². The third kappa shape index (κ3) is 6.56. The Hall–Kier alpha value is -0.354. The van der Waals surface area contributed by atoms with Crippen LogP contribution in [0.3, 0.4) is 0 Å². The predicted molar refractivity (Wildman–Crippen MR) is 108 cm³/mol. The van der Waals surface area contributed by atoms with Gasteiger partial charge in [-0.15, -0.1) is 0 Å². The quantitative estimate of drug-likeness (QED) is 0.423. The Morgan fingerprint density at radius 1 is 1.21 bits per heavy atom. The van der Waals surface area contributed by atoms with Gasteiger partial charge in [-0.05, 0) is 60.4 Å². The molecule has 0 saturated carbocycles. The van der Waals surface area contributed by atoms with Crippen LogP contribution in [0, 0.1) is 0 Å². The summed E-state index contributed by atoms with van der Waals surface area (Å²) in [5.41, 5.74) is 1.12. The number of hydrogen-bond acceptors (Lipinski definition) is 4. The normalized spacial score (nSPS) is 18.2. The van der Waals surface area contributed by atoms with Gasteiger partial charge in [0.1, 0.15) is 0 Å². The Balaban J connectivity index is 0.00000300. The second kappa shape index (κ2) is 11.9. The largest absolute Gasteiger partial charge is 1.00 e. The molecule has 8 heteroatoms. The molecule has 29 heavy (non-hydrogen) atoms. The van der Waals surface area contributed by atoms with E-state index < -0.39 is 11.1 Å². The van der Waals surface area contributed by atoms with Gasteiger partial charge in [0.05, 0.1) is 6.33 Å². The van der Waals surface area contributed by atoms with Crippen molar-refractivity contribution in [3.05, 3.63) is 48.5 Å². The number of likely N-dealkylation sites (tertiary alicyclic amines) is 1. The molecule has 2 aromatic rings. The van der Waals surface area contributed by atoms with E-state index in [1.807, 2.05) is 29.6 Å². The molecule has 1 aliphatic rings. The maximum atomic E-state index is 12.2.